The summed E-state index contributed by atoms with van der Waals surface area (Å²) in [6, 6.07) is 4.55. The third kappa shape index (κ3) is 2.94. The molecule has 0 amide bonds. The Morgan fingerprint density at radius 1 is 1.04 bits per heavy atom. The van der Waals surface area contributed by atoms with Gasteiger partial charge in [0.25, 0.3) is 0 Å². The summed E-state index contributed by atoms with van der Waals surface area (Å²) in [5, 5.41) is 5.04. The lowest BCUT2D eigenvalue weighted by Gasteiger charge is -2.32. The molecule has 2 aliphatic rings. The van der Waals surface area contributed by atoms with E-state index < -0.39 is 0 Å². The lowest BCUT2D eigenvalue weighted by atomic mass is 9.92. The van der Waals surface area contributed by atoms with Crippen molar-refractivity contribution in [3.63, 3.8) is 0 Å². The number of likely N-dealkylation sites (tertiary alicyclic amines) is 1. The number of aliphatic imine (C=N–C) groups is 1. The van der Waals surface area contributed by atoms with Gasteiger partial charge in [-0.2, -0.15) is 5.10 Å². The molecule has 1 saturated heterocycles. The van der Waals surface area contributed by atoms with Crippen LogP contribution < -0.4 is 0 Å². The van der Waals surface area contributed by atoms with Gasteiger partial charge in [0.1, 0.15) is 6.17 Å². The van der Waals surface area contributed by atoms with Gasteiger partial charge in [0.15, 0.2) is 5.82 Å². The van der Waals surface area contributed by atoms with Crippen molar-refractivity contribution in [3.8, 4) is 11.1 Å². The van der Waals surface area contributed by atoms with Crippen molar-refractivity contribution in [1.29, 1.82) is 0 Å². The Hall–Kier alpha value is -1.94. The first-order valence-corrected chi connectivity index (χ1v) is 10.4. The highest BCUT2D eigenvalue weighted by atomic mass is 15.5. The first-order chi connectivity index (χ1) is 12.9. The lowest BCUT2D eigenvalue weighted by molar-refractivity contribution is 0.161. The molecule has 0 spiro atoms. The first-order valence-electron chi connectivity index (χ1n) is 10.4. The van der Waals surface area contributed by atoms with E-state index in [1.54, 1.807) is 0 Å². The second-order valence-corrected chi connectivity index (χ2v) is 8.45. The Morgan fingerprint density at radius 2 is 1.74 bits per heavy atom. The smallest absolute Gasteiger partial charge is 0.160 e. The maximum absolute atomic E-state index is 5.10. The molecule has 2 aromatic rings. The quantitative estimate of drug-likeness (QED) is 0.716. The second-order valence-electron chi connectivity index (χ2n) is 8.45. The van der Waals surface area contributed by atoms with Crippen molar-refractivity contribution in [2.24, 2.45) is 10.9 Å². The van der Waals surface area contributed by atoms with Gasteiger partial charge in [-0.05, 0) is 64.2 Å². The molecule has 2 atom stereocenters. The molecule has 1 aromatic carbocycles. The zero-order valence-electron chi connectivity index (χ0n) is 17.6. The van der Waals surface area contributed by atoms with Crippen LogP contribution in [0.2, 0.25) is 0 Å². The van der Waals surface area contributed by atoms with Gasteiger partial charge < -0.3 is 0 Å². The van der Waals surface area contributed by atoms with Crippen LogP contribution in [0.4, 0.5) is 5.82 Å². The Bertz CT molecular complexity index is 882. The van der Waals surface area contributed by atoms with E-state index in [2.05, 4.69) is 63.3 Å². The van der Waals surface area contributed by atoms with E-state index in [0.29, 0.717) is 12.1 Å². The molecule has 0 aliphatic carbocycles. The number of benzene rings is 1. The number of hydrogen-bond acceptors (Lipinski definition) is 3. The fourth-order valence-corrected chi connectivity index (χ4v) is 5.14. The first kappa shape index (κ1) is 18.4. The third-order valence-corrected chi connectivity index (χ3v) is 6.32. The average Bonchev–Trinajstić information content (AvgIpc) is 3.15. The molecule has 4 rings (SSSR count). The third-order valence-electron chi connectivity index (χ3n) is 6.32. The van der Waals surface area contributed by atoms with Gasteiger partial charge in [0, 0.05) is 30.3 Å². The van der Waals surface area contributed by atoms with E-state index in [9.17, 15) is 0 Å². The molecule has 3 heterocycles. The predicted molar refractivity (Wildman–Crippen MR) is 113 cm³/mol. The van der Waals surface area contributed by atoms with Gasteiger partial charge in [-0.3, -0.25) is 4.90 Å². The van der Waals surface area contributed by atoms with Crippen molar-refractivity contribution in [3.05, 3.63) is 34.5 Å². The van der Waals surface area contributed by atoms with Crippen molar-refractivity contribution < 1.29 is 0 Å². The zero-order chi connectivity index (χ0) is 19.3. The minimum absolute atomic E-state index is 0.336. The van der Waals surface area contributed by atoms with Gasteiger partial charge in [-0.15, -0.1) is 0 Å². The number of hydrogen-bond donors (Lipinski definition) is 0. The number of nitrogens with zero attached hydrogens (tertiary/aromatic N) is 4. The largest absolute Gasteiger partial charge is 0.281 e. The van der Waals surface area contributed by atoms with Crippen molar-refractivity contribution in [2.75, 3.05) is 13.1 Å². The minimum atomic E-state index is 0.336. The lowest BCUT2D eigenvalue weighted by Crippen LogP contribution is -2.35. The summed E-state index contributed by atoms with van der Waals surface area (Å²) >= 11 is 0. The zero-order valence-corrected chi connectivity index (χ0v) is 17.6. The van der Waals surface area contributed by atoms with Gasteiger partial charge >= 0.3 is 0 Å². The molecule has 1 aromatic heterocycles. The molecule has 2 unspecified atom stereocenters. The van der Waals surface area contributed by atoms with Gasteiger partial charge in [0.05, 0.1) is 5.69 Å². The highest BCUT2D eigenvalue weighted by Gasteiger charge is 2.42. The van der Waals surface area contributed by atoms with E-state index >= 15 is 0 Å². The van der Waals surface area contributed by atoms with E-state index in [1.165, 1.54) is 52.8 Å². The molecular weight excluding hydrogens is 332 g/mol. The molecule has 144 valence electrons. The van der Waals surface area contributed by atoms with Crippen LogP contribution in [-0.4, -0.2) is 33.5 Å². The van der Waals surface area contributed by atoms with Crippen LogP contribution >= 0.6 is 0 Å². The molecular formula is C23H32N4. The molecule has 0 N–H and O–H groups in total. The number of unbranched alkanes of at least 4 members (excludes halogenated alkanes) is 1. The summed E-state index contributed by atoms with van der Waals surface area (Å²) in [4.78, 5) is 7.72. The number of aromatic nitrogens is 2. The fourth-order valence-electron chi connectivity index (χ4n) is 5.14. The standard InChI is InChI=1S/C23H32N4/c1-7-8-10-26-11-9-19-17(5)24-22-21(18(6)25-27(22)23(19)26)20-15(3)12-14(2)13-16(20)4/h12-13,19,23H,7-11H2,1-6H3. The Labute approximate surface area is 163 Å². The van der Waals surface area contributed by atoms with Crippen molar-refractivity contribution in [2.45, 2.75) is 67.0 Å². The Morgan fingerprint density at radius 3 is 2.41 bits per heavy atom. The highest BCUT2D eigenvalue weighted by Crippen LogP contribution is 2.46. The molecule has 4 heteroatoms. The molecule has 4 nitrogen and oxygen atoms in total. The molecule has 1 fully saturated rings. The van der Waals surface area contributed by atoms with Crippen LogP contribution in [0.3, 0.4) is 0 Å². The summed E-state index contributed by atoms with van der Waals surface area (Å²) in [6.07, 6.45) is 4.01. The van der Waals surface area contributed by atoms with E-state index in [1.807, 2.05) is 0 Å². The summed E-state index contributed by atoms with van der Waals surface area (Å²) in [5.41, 5.74) is 8.85. The monoisotopic (exact) mass is 364 g/mol. The van der Waals surface area contributed by atoms with Gasteiger partial charge in [-0.1, -0.05) is 31.0 Å². The Balaban J connectivity index is 1.87. The number of rotatable bonds is 4. The maximum Gasteiger partial charge on any atom is 0.160 e. The second kappa shape index (κ2) is 6.90. The minimum Gasteiger partial charge on any atom is -0.281 e. The summed E-state index contributed by atoms with van der Waals surface area (Å²) in [7, 11) is 0. The van der Waals surface area contributed by atoms with Crippen LogP contribution in [-0.2, 0) is 0 Å². The van der Waals surface area contributed by atoms with Crippen molar-refractivity contribution in [1.82, 2.24) is 14.7 Å². The predicted octanol–water partition coefficient (Wildman–Crippen LogP) is 5.51. The van der Waals surface area contributed by atoms with E-state index in [-0.39, 0.29) is 0 Å². The summed E-state index contributed by atoms with van der Waals surface area (Å²) in [5.74, 6) is 1.56. The average molecular weight is 365 g/mol. The fraction of sp³-hybridized carbons (Fsp3) is 0.565. The van der Waals surface area contributed by atoms with Gasteiger partial charge in [-0.25, -0.2) is 9.67 Å². The molecule has 2 aliphatic heterocycles. The van der Waals surface area contributed by atoms with Crippen LogP contribution in [0.15, 0.2) is 17.1 Å². The molecule has 0 radical (unpaired) electrons. The maximum atomic E-state index is 5.10. The molecule has 0 saturated carbocycles. The SMILES string of the molecule is CCCCN1CCC2C(C)=Nc3c(-c4c(C)cc(C)cc4C)c(C)nn3C21. The summed E-state index contributed by atoms with van der Waals surface area (Å²) < 4.78 is 2.24. The van der Waals surface area contributed by atoms with Crippen LogP contribution in [0.5, 0.6) is 0 Å². The Kier molecular flexibility index (Phi) is 4.71. The topological polar surface area (TPSA) is 33.4 Å². The number of fused-ring (bicyclic) bond motifs is 3. The molecule has 27 heavy (non-hydrogen) atoms. The molecule has 0 bridgehead atoms. The normalized spacial score (nSPS) is 21.9. The van der Waals surface area contributed by atoms with E-state index in [4.69, 9.17) is 10.1 Å². The van der Waals surface area contributed by atoms with E-state index in [0.717, 1.165) is 24.6 Å². The van der Waals surface area contributed by atoms with Crippen molar-refractivity contribution >= 4 is 11.5 Å². The van der Waals surface area contributed by atoms with Gasteiger partial charge in [0.2, 0.25) is 0 Å². The van der Waals surface area contributed by atoms with Crippen LogP contribution in [0.25, 0.3) is 11.1 Å². The highest BCUT2D eigenvalue weighted by molar-refractivity contribution is 5.92. The van der Waals surface area contributed by atoms with Crippen LogP contribution in [0.1, 0.15) is 61.7 Å². The number of aryl methyl sites for hydroxylation is 4. The summed E-state index contributed by atoms with van der Waals surface area (Å²) in [6.45, 7) is 15.5. The van der Waals surface area contributed by atoms with Crippen LogP contribution in [0, 0.1) is 33.6 Å².